The number of halogens is 1. The fourth-order valence-corrected chi connectivity index (χ4v) is 3.03. The molecular formula is C16H21ClO4. The van der Waals surface area contributed by atoms with Gasteiger partial charge in [-0.25, -0.2) is 0 Å². The van der Waals surface area contributed by atoms with E-state index in [9.17, 15) is 4.79 Å². The number of methoxy groups -OCH3 is 3. The van der Waals surface area contributed by atoms with Crippen molar-refractivity contribution in [2.75, 3.05) is 21.3 Å². The summed E-state index contributed by atoms with van der Waals surface area (Å²) in [5.41, 5.74) is 1.05. The molecule has 1 fully saturated rings. The molecule has 0 amide bonds. The van der Waals surface area contributed by atoms with Gasteiger partial charge < -0.3 is 14.2 Å². The van der Waals surface area contributed by atoms with Crippen LogP contribution in [0.15, 0.2) is 12.1 Å². The molecule has 1 saturated carbocycles. The fraction of sp³-hybridized carbons (Fsp3) is 0.562. The van der Waals surface area contributed by atoms with Gasteiger partial charge in [0.2, 0.25) is 0 Å². The normalized spacial score (nSPS) is 21.6. The SMILES string of the molecule is COC(=O)C1CC1CC(C)c1cc(OC)c(Cl)cc1OC. The van der Waals surface area contributed by atoms with Gasteiger partial charge in [0.1, 0.15) is 11.5 Å². The van der Waals surface area contributed by atoms with E-state index in [2.05, 4.69) is 6.92 Å². The predicted octanol–water partition coefficient (Wildman–Crippen LogP) is 3.66. The van der Waals surface area contributed by atoms with Crippen LogP contribution in [-0.4, -0.2) is 27.3 Å². The molecule has 0 bridgehead atoms. The van der Waals surface area contributed by atoms with Crippen molar-refractivity contribution in [3.63, 3.8) is 0 Å². The first-order chi connectivity index (χ1) is 10.0. The van der Waals surface area contributed by atoms with Gasteiger partial charge in [0.25, 0.3) is 0 Å². The van der Waals surface area contributed by atoms with E-state index in [-0.39, 0.29) is 17.8 Å². The van der Waals surface area contributed by atoms with Crippen LogP contribution in [0.4, 0.5) is 0 Å². The molecule has 1 aliphatic carbocycles. The molecule has 0 spiro atoms. The summed E-state index contributed by atoms with van der Waals surface area (Å²) in [7, 11) is 4.66. The molecule has 2 rings (SSSR count). The lowest BCUT2D eigenvalue weighted by atomic mass is 9.93. The quantitative estimate of drug-likeness (QED) is 0.752. The second-order valence-electron chi connectivity index (χ2n) is 5.49. The van der Waals surface area contributed by atoms with Gasteiger partial charge in [-0.05, 0) is 30.7 Å². The van der Waals surface area contributed by atoms with Crippen LogP contribution in [-0.2, 0) is 9.53 Å². The van der Waals surface area contributed by atoms with Crippen molar-refractivity contribution in [2.24, 2.45) is 11.8 Å². The first-order valence-corrected chi connectivity index (χ1v) is 7.38. The minimum atomic E-state index is -0.104. The van der Waals surface area contributed by atoms with Crippen molar-refractivity contribution in [1.82, 2.24) is 0 Å². The number of carbonyl (C=O) groups excluding carboxylic acids is 1. The predicted molar refractivity (Wildman–Crippen MR) is 81.2 cm³/mol. The molecule has 0 N–H and O–H groups in total. The highest BCUT2D eigenvalue weighted by atomic mass is 35.5. The van der Waals surface area contributed by atoms with Crippen LogP contribution in [0.5, 0.6) is 11.5 Å². The van der Waals surface area contributed by atoms with Crippen molar-refractivity contribution < 1.29 is 19.0 Å². The van der Waals surface area contributed by atoms with Crippen LogP contribution in [0.2, 0.25) is 5.02 Å². The van der Waals surface area contributed by atoms with Gasteiger partial charge in [0, 0.05) is 11.6 Å². The van der Waals surface area contributed by atoms with E-state index in [0.717, 1.165) is 24.2 Å². The molecule has 4 nitrogen and oxygen atoms in total. The van der Waals surface area contributed by atoms with E-state index in [1.807, 2.05) is 6.07 Å². The van der Waals surface area contributed by atoms with Crippen LogP contribution in [0, 0.1) is 11.8 Å². The lowest BCUT2D eigenvalue weighted by Crippen LogP contribution is -2.06. The Kier molecular flexibility index (Phi) is 4.99. The molecule has 0 heterocycles. The second-order valence-corrected chi connectivity index (χ2v) is 5.90. The van der Waals surface area contributed by atoms with Crippen LogP contribution in [0.3, 0.4) is 0 Å². The Hall–Kier alpha value is -1.42. The average molecular weight is 313 g/mol. The number of hydrogen-bond donors (Lipinski definition) is 0. The first kappa shape index (κ1) is 16.0. The summed E-state index contributed by atoms with van der Waals surface area (Å²) in [6.07, 6.45) is 1.82. The van der Waals surface area contributed by atoms with E-state index in [4.69, 9.17) is 25.8 Å². The number of ether oxygens (including phenoxy) is 3. The molecule has 0 aliphatic heterocycles. The van der Waals surface area contributed by atoms with Crippen LogP contribution < -0.4 is 9.47 Å². The van der Waals surface area contributed by atoms with E-state index >= 15 is 0 Å². The van der Waals surface area contributed by atoms with E-state index in [1.54, 1.807) is 20.3 Å². The third kappa shape index (κ3) is 3.43. The molecule has 21 heavy (non-hydrogen) atoms. The topological polar surface area (TPSA) is 44.8 Å². The third-order valence-corrected chi connectivity index (χ3v) is 4.41. The Morgan fingerprint density at radius 2 is 1.95 bits per heavy atom. The highest BCUT2D eigenvalue weighted by Gasteiger charge is 2.44. The lowest BCUT2D eigenvalue weighted by Gasteiger charge is -2.17. The standard InChI is InChI=1S/C16H21ClO4/c1-9(5-10-6-12(10)16(18)21-4)11-7-15(20-3)13(17)8-14(11)19-2/h7-10,12H,5-6H2,1-4H3. The average Bonchev–Trinajstić information content (AvgIpc) is 3.24. The highest BCUT2D eigenvalue weighted by Crippen LogP contribution is 2.47. The molecule has 5 heteroatoms. The molecule has 0 saturated heterocycles. The maximum absolute atomic E-state index is 11.5. The molecular weight excluding hydrogens is 292 g/mol. The van der Waals surface area contributed by atoms with Crippen molar-refractivity contribution in [3.05, 3.63) is 22.7 Å². The first-order valence-electron chi connectivity index (χ1n) is 7.01. The highest BCUT2D eigenvalue weighted by molar-refractivity contribution is 6.32. The number of carbonyl (C=O) groups is 1. The zero-order valence-electron chi connectivity index (χ0n) is 12.8. The van der Waals surface area contributed by atoms with Crippen LogP contribution in [0.1, 0.15) is 31.2 Å². The zero-order valence-corrected chi connectivity index (χ0v) is 13.6. The number of benzene rings is 1. The Morgan fingerprint density at radius 1 is 1.29 bits per heavy atom. The van der Waals surface area contributed by atoms with E-state index in [1.165, 1.54) is 7.11 Å². The summed E-state index contributed by atoms with van der Waals surface area (Å²) in [6, 6.07) is 3.69. The van der Waals surface area contributed by atoms with E-state index < -0.39 is 0 Å². The minimum Gasteiger partial charge on any atom is -0.496 e. The minimum absolute atomic E-state index is 0.0534. The molecule has 116 valence electrons. The summed E-state index contributed by atoms with van der Waals surface area (Å²) >= 11 is 6.12. The Labute approximate surface area is 130 Å². The molecule has 0 aromatic heterocycles. The largest absolute Gasteiger partial charge is 0.496 e. The number of rotatable bonds is 6. The number of hydrogen-bond acceptors (Lipinski definition) is 4. The van der Waals surface area contributed by atoms with Gasteiger partial charge in [0.05, 0.1) is 32.3 Å². The molecule has 3 atom stereocenters. The molecule has 3 unspecified atom stereocenters. The maximum Gasteiger partial charge on any atom is 0.308 e. The maximum atomic E-state index is 11.5. The van der Waals surface area contributed by atoms with Gasteiger partial charge >= 0.3 is 5.97 Å². The van der Waals surface area contributed by atoms with Crippen LogP contribution >= 0.6 is 11.6 Å². The molecule has 1 aliphatic rings. The summed E-state index contributed by atoms with van der Waals surface area (Å²) in [5, 5.41) is 0.532. The van der Waals surface area contributed by atoms with Crippen molar-refractivity contribution in [3.8, 4) is 11.5 Å². The van der Waals surface area contributed by atoms with Gasteiger partial charge in [-0.2, -0.15) is 0 Å². The van der Waals surface area contributed by atoms with Crippen molar-refractivity contribution in [2.45, 2.75) is 25.7 Å². The molecule has 1 aromatic rings. The number of esters is 1. The summed E-state index contributed by atoms with van der Waals surface area (Å²) in [5.74, 6) is 1.98. The smallest absolute Gasteiger partial charge is 0.308 e. The van der Waals surface area contributed by atoms with Gasteiger partial charge in [-0.15, -0.1) is 0 Å². The van der Waals surface area contributed by atoms with E-state index in [0.29, 0.717) is 16.7 Å². The molecule has 1 aromatic carbocycles. The van der Waals surface area contributed by atoms with Crippen LogP contribution in [0.25, 0.3) is 0 Å². The summed E-state index contributed by atoms with van der Waals surface area (Å²) < 4.78 is 15.5. The monoisotopic (exact) mass is 312 g/mol. The third-order valence-electron chi connectivity index (χ3n) is 4.12. The second kappa shape index (κ2) is 6.56. The van der Waals surface area contributed by atoms with Gasteiger partial charge in [0.15, 0.2) is 0 Å². The molecule has 0 radical (unpaired) electrons. The van der Waals surface area contributed by atoms with Gasteiger partial charge in [-0.3, -0.25) is 4.79 Å². The Balaban J connectivity index is 2.12. The van der Waals surface area contributed by atoms with Crippen molar-refractivity contribution >= 4 is 17.6 Å². The fourth-order valence-electron chi connectivity index (χ4n) is 2.80. The lowest BCUT2D eigenvalue weighted by molar-refractivity contribution is -0.142. The van der Waals surface area contributed by atoms with Gasteiger partial charge in [-0.1, -0.05) is 18.5 Å². The Morgan fingerprint density at radius 3 is 2.52 bits per heavy atom. The summed E-state index contributed by atoms with van der Waals surface area (Å²) in [6.45, 7) is 2.12. The summed E-state index contributed by atoms with van der Waals surface area (Å²) in [4.78, 5) is 11.5. The van der Waals surface area contributed by atoms with Crippen molar-refractivity contribution in [1.29, 1.82) is 0 Å². The zero-order chi connectivity index (χ0) is 15.6. The Bertz CT molecular complexity index is 529.